The first-order chi connectivity index (χ1) is 10.4. The van der Waals surface area contributed by atoms with E-state index in [-0.39, 0.29) is 23.8 Å². The Hall–Kier alpha value is -1.64. The fraction of sp³-hybridized carbons (Fsp3) is 0.500. The predicted molar refractivity (Wildman–Crippen MR) is 80.4 cm³/mol. The van der Waals surface area contributed by atoms with E-state index in [1.807, 2.05) is 0 Å². The van der Waals surface area contributed by atoms with Gasteiger partial charge in [-0.25, -0.2) is 8.42 Å². The van der Waals surface area contributed by atoms with Gasteiger partial charge < -0.3 is 14.6 Å². The molecule has 124 valence electrons. The van der Waals surface area contributed by atoms with Crippen LogP contribution in [-0.2, 0) is 26.2 Å². The van der Waals surface area contributed by atoms with Gasteiger partial charge in [0.1, 0.15) is 17.2 Å². The molecule has 0 atom stereocenters. The number of carboxylic acid groups (broad SMARTS) is 1. The number of methoxy groups -OCH3 is 2. The summed E-state index contributed by atoms with van der Waals surface area (Å²) in [5, 5.41) is 8.93. The van der Waals surface area contributed by atoms with E-state index in [2.05, 4.69) is 0 Å². The lowest BCUT2D eigenvalue weighted by atomic mass is 10.2. The largest absolute Gasteiger partial charge is 0.495 e. The number of ether oxygens (including phenoxy) is 2. The molecule has 0 unspecified atom stereocenters. The van der Waals surface area contributed by atoms with Crippen molar-refractivity contribution < 1.29 is 27.8 Å². The normalized spacial score (nSPS) is 11.6. The molecule has 1 N–H and O–H groups in total. The number of rotatable bonds is 9. The molecule has 1 aromatic rings. The molecule has 0 aliphatic carbocycles. The van der Waals surface area contributed by atoms with Crippen LogP contribution in [0.25, 0.3) is 0 Å². The van der Waals surface area contributed by atoms with E-state index in [0.717, 1.165) is 4.31 Å². The summed E-state index contributed by atoms with van der Waals surface area (Å²) in [6, 6.07) is 4.68. The van der Waals surface area contributed by atoms with Gasteiger partial charge in [-0.1, -0.05) is 13.0 Å². The maximum atomic E-state index is 12.7. The van der Waals surface area contributed by atoms with Crippen LogP contribution in [-0.4, -0.2) is 51.1 Å². The summed E-state index contributed by atoms with van der Waals surface area (Å²) < 4.78 is 36.5. The highest BCUT2D eigenvalue weighted by Crippen LogP contribution is 2.28. The summed E-state index contributed by atoms with van der Waals surface area (Å²) in [6.07, 6.45) is 0.507. The lowest BCUT2D eigenvalue weighted by Crippen LogP contribution is -2.36. The average molecular weight is 331 g/mol. The van der Waals surface area contributed by atoms with Crippen LogP contribution < -0.4 is 4.74 Å². The van der Waals surface area contributed by atoms with Crippen molar-refractivity contribution >= 4 is 16.0 Å². The number of benzene rings is 1. The van der Waals surface area contributed by atoms with Gasteiger partial charge in [-0.05, 0) is 24.1 Å². The molecule has 22 heavy (non-hydrogen) atoms. The Labute approximate surface area is 130 Å². The molecule has 8 heteroatoms. The summed E-state index contributed by atoms with van der Waals surface area (Å²) >= 11 is 0. The monoisotopic (exact) mass is 331 g/mol. The van der Waals surface area contributed by atoms with Crippen molar-refractivity contribution in [2.75, 3.05) is 27.3 Å². The molecule has 1 aromatic carbocycles. The maximum Gasteiger partial charge on any atom is 0.318 e. The number of hydrogen-bond donors (Lipinski definition) is 1. The highest BCUT2D eigenvalue weighted by atomic mass is 32.2. The van der Waals surface area contributed by atoms with E-state index in [1.165, 1.54) is 26.4 Å². The van der Waals surface area contributed by atoms with Gasteiger partial charge in [0.05, 0.1) is 13.7 Å². The van der Waals surface area contributed by atoms with Crippen molar-refractivity contribution in [3.63, 3.8) is 0 Å². The molecule has 7 nitrogen and oxygen atoms in total. The number of nitrogens with zero attached hydrogens (tertiary/aromatic N) is 1. The second-order valence-corrected chi connectivity index (χ2v) is 6.56. The third-order valence-electron chi connectivity index (χ3n) is 2.94. The van der Waals surface area contributed by atoms with E-state index < -0.39 is 22.5 Å². The lowest BCUT2D eigenvalue weighted by Gasteiger charge is -2.21. The lowest BCUT2D eigenvalue weighted by molar-refractivity contribution is -0.137. The molecule has 0 bridgehead atoms. The van der Waals surface area contributed by atoms with Crippen LogP contribution >= 0.6 is 0 Å². The third kappa shape index (κ3) is 4.43. The van der Waals surface area contributed by atoms with Crippen LogP contribution in [0.5, 0.6) is 5.75 Å². The van der Waals surface area contributed by atoms with Gasteiger partial charge in [-0.2, -0.15) is 4.31 Å². The fourth-order valence-corrected chi connectivity index (χ4v) is 3.69. The Morgan fingerprint density at radius 3 is 2.50 bits per heavy atom. The Bertz CT molecular complexity index is 614. The highest BCUT2D eigenvalue weighted by Gasteiger charge is 2.29. The number of hydrogen-bond acceptors (Lipinski definition) is 5. The van der Waals surface area contributed by atoms with E-state index in [0.29, 0.717) is 12.0 Å². The smallest absolute Gasteiger partial charge is 0.318 e. The number of aliphatic carboxylic acids is 1. The maximum absolute atomic E-state index is 12.7. The van der Waals surface area contributed by atoms with Gasteiger partial charge in [0.15, 0.2) is 0 Å². The second kappa shape index (κ2) is 8.11. The Morgan fingerprint density at radius 2 is 2.00 bits per heavy atom. The summed E-state index contributed by atoms with van der Waals surface area (Å²) in [7, 11) is -1.10. The summed E-state index contributed by atoms with van der Waals surface area (Å²) in [6.45, 7) is 1.56. The van der Waals surface area contributed by atoms with Crippen molar-refractivity contribution in [1.82, 2.24) is 4.31 Å². The molecule has 0 amide bonds. The van der Waals surface area contributed by atoms with Crippen molar-refractivity contribution in [2.24, 2.45) is 0 Å². The number of sulfonamides is 1. The van der Waals surface area contributed by atoms with Crippen LogP contribution in [0, 0.1) is 0 Å². The Kier molecular flexibility index (Phi) is 6.79. The standard InChI is InChI=1S/C14H21NO6S/c1-4-7-15(9-14(16)17)22(18,19)13-8-11(10-20-2)5-6-12(13)21-3/h5-6,8H,4,7,9-10H2,1-3H3,(H,16,17). The van der Waals surface area contributed by atoms with Crippen molar-refractivity contribution in [3.8, 4) is 5.75 Å². The van der Waals surface area contributed by atoms with Crippen molar-refractivity contribution in [2.45, 2.75) is 24.8 Å². The van der Waals surface area contributed by atoms with Gasteiger partial charge in [0.25, 0.3) is 0 Å². The number of carbonyl (C=O) groups is 1. The van der Waals surface area contributed by atoms with Gasteiger partial charge in [0, 0.05) is 13.7 Å². The van der Waals surface area contributed by atoms with Crippen molar-refractivity contribution in [3.05, 3.63) is 23.8 Å². The SMILES string of the molecule is CCCN(CC(=O)O)S(=O)(=O)c1cc(COC)ccc1OC. The minimum absolute atomic E-state index is 0.0562. The average Bonchev–Trinajstić information content (AvgIpc) is 2.46. The predicted octanol–water partition coefficient (Wildman–Crippen LogP) is 1.33. The van der Waals surface area contributed by atoms with Crippen LogP contribution in [0.15, 0.2) is 23.1 Å². The number of carboxylic acids is 1. The zero-order chi connectivity index (χ0) is 16.8. The van der Waals surface area contributed by atoms with Gasteiger partial charge in [0.2, 0.25) is 10.0 Å². The molecule has 0 heterocycles. The Balaban J connectivity index is 3.33. The minimum Gasteiger partial charge on any atom is -0.495 e. The first-order valence-electron chi connectivity index (χ1n) is 6.74. The van der Waals surface area contributed by atoms with Gasteiger partial charge in [-0.15, -0.1) is 0 Å². The zero-order valence-corrected chi connectivity index (χ0v) is 13.7. The van der Waals surface area contributed by atoms with Crippen LogP contribution in [0.3, 0.4) is 0 Å². The summed E-state index contributed by atoms with van der Waals surface area (Å²) in [5.74, 6) is -1.03. The molecule has 0 saturated carbocycles. The molecule has 0 spiro atoms. The molecule has 0 saturated heterocycles. The molecule has 0 aliphatic heterocycles. The quantitative estimate of drug-likeness (QED) is 0.734. The van der Waals surface area contributed by atoms with Gasteiger partial charge in [-0.3, -0.25) is 4.79 Å². The van der Waals surface area contributed by atoms with Gasteiger partial charge >= 0.3 is 5.97 Å². The molecular weight excluding hydrogens is 310 g/mol. The van der Waals surface area contributed by atoms with Crippen LogP contribution in [0.4, 0.5) is 0 Å². The van der Waals surface area contributed by atoms with Crippen LogP contribution in [0.1, 0.15) is 18.9 Å². The summed E-state index contributed by atoms with van der Waals surface area (Å²) in [5.41, 5.74) is 0.661. The first-order valence-corrected chi connectivity index (χ1v) is 8.18. The minimum atomic E-state index is -3.97. The van der Waals surface area contributed by atoms with E-state index in [4.69, 9.17) is 14.6 Å². The molecule has 1 rings (SSSR count). The molecule has 0 aromatic heterocycles. The first kappa shape index (κ1) is 18.4. The molecular formula is C14H21NO6S. The summed E-state index contributed by atoms with van der Waals surface area (Å²) in [4.78, 5) is 10.9. The molecule has 0 aliphatic rings. The molecule has 0 fully saturated rings. The van der Waals surface area contributed by atoms with E-state index in [9.17, 15) is 13.2 Å². The van der Waals surface area contributed by atoms with E-state index in [1.54, 1.807) is 13.0 Å². The molecule has 0 radical (unpaired) electrons. The highest BCUT2D eigenvalue weighted by molar-refractivity contribution is 7.89. The fourth-order valence-electron chi connectivity index (χ4n) is 2.00. The zero-order valence-electron chi connectivity index (χ0n) is 12.9. The van der Waals surface area contributed by atoms with Crippen LogP contribution in [0.2, 0.25) is 0 Å². The van der Waals surface area contributed by atoms with E-state index >= 15 is 0 Å². The van der Waals surface area contributed by atoms with Crippen molar-refractivity contribution in [1.29, 1.82) is 0 Å². The topological polar surface area (TPSA) is 93.1 Å². The second-order valence-electron chi connectivity index (χ2n) is 4.65. The Morgan fingerprint density at radius 1 is 1.32 bits per heavy atom. The third-order valence-corrected chi connectivity index (χ3v) is 4.81.